The van der Waals surface area contributed by atoms with Crippen molar-refractivity contribution < 1.29 is 9.53 Å². The molecule has 3 radical (unpaired) electrons. The Bertz CT molecular complexity index is 342. The Hall–Kier alpha value is -0.743. The molecule has 85 valence electrons. The molecule has 0 bridgehead atoms. The standard InChI is InChI=1S/C12H15O2SSi/c1-2-14-11-6-3-5-10(9-11)12(13)15-7-4-8-16/h3,5-6,9H,2,4,7-8H2,1H3. The molecule has 1 rings (SSSR count). The van der Waals surface area contributed by atoms with Crippen LogP contribution in [0.4, 0.5) is 0 Å². The van der Waals surface area contributed by atoms with Crippen LogP contribution in [0.15, 0.2) is 24.3 Å². The third kappa shape index (κ3) is 4.41. The highest BCUT2D eigenvalue weighted by atomic mass is 32.2. The summed E-state index contributed by atoms with van der Waals surface area (Å²) in [5.41, 5.74) is 0.713. The summed E-state index contributed by atoms with van der Waals surface area (Å²) in [4.78, 5) is 11.8. The topological polar surface area (TPSA) is 26.3 Å². The van der Waals surface area contributed by atoms with Crippen molar-refractivity contribution in [2.75, 3.05) is 12.4 Å². The molecule has 0 unspecified atom stereocenters. The molecule has 16 heavy (non-hydrogen) atoms. The van der Waals surface area contributed by atoms with Crippen LogP contribution in [-0.4, -0.2) is 27.7 Å². The summed E-state index contributed by atoms with van der Waals surface area (Å²) in [6.07, 6.45) is 0.998. The van der Waals surface area contributed by atoms with Crippen LogP contribution in [0.5, 0.6) is 5.75 Å². The number of rotatable bonds is 6. The highest BCUT2D eigenvalue weighted by molar-refractivity contribution is 8.14. The highest BCUT2D eigenvalue weighted by Gasteiger charge is 2.06. The SMILES string of the molecule is CCOc1cccc(C(=O)SCCC[Si])c1. The first-order valence-electron chi connectivity index (χ1n) is 5.32. The molecule has 0 aliphatic carbocycles. The molecule has 4 heteroatoms. The van der Waals surface area contributed by atoms with E-state index in [0.717, 1.165) is 24.0 Å². The summed E-state index contributed by atoms with van der Waals surface area (Å²) in [6.45, 7) is 2.55. The summed E-state index contributed by atoms with van der Waals surface area (Å²) < 4.78 is 5.35. The van der Waals surface area contributed by atoms with Crippen molar-refractivity contribution in [3.8, 4) is 5.75 Å². The van der Waals surface area contributed by atoms with E-state index in [0.29, 0.717) is 12.2 Å². The maximum atomic E-state index is 11.8. The highest BCUT2D eigenvalue weighted by Crippen LogP contribution is 2.19. The zero-order chi connectivity index (χ0) is 11.8. The Kier molecular flexibility index (Phi) is 6.26. The second kappa shape index (κ2) is 7.52. The molecule has 2 nitrogen and oxygen atoms in total. The average Bonchev–Trinajstić information content (AvgIpc) is 2.30. The summed E-state index contributed by atoms with van der Waals surface area (Å²) in [5.74, 6) is 1.61. The lowest BCUT2D eigenvalue weighted by molar-refractivity contribution is 0.108. The predicted molar refractivity (Wildman–Crippen MR) is 69.6 cm³/mol. The first kappa shape index (κ1) is 13.3. The summed E-state index contributed by atoms with van der Waals surface area (Å²) in [6, 6.07) is 8.27. The van der Waals surface area contributed by atoms with Crippen molar-refractivity contribution in [3.63, 3.8) is 0 Å². The van der Waals surface area contributed by atoms with Crippen LogP contribution in [-0.2, 0) is 0 Å². The van der Waals surface area contributed by atoms with Gasteiger partial charge in [0.05, 0.1) is 6.61 Å². The van der Waals surface area contributed by atoms with Gasteiger partial charge in [0.2, 0.25) is 5.12 Å². The normalized spacial score (nSPS) is 10.1. The molecule has 0 aromatic heterocycles. The molecule has 1 aromatic rings. The lowest BCUT2D eigenvalue weighted by atomic mass is 10.2. The lowest BCUT2D eigenvalue weighted by Gasteiger charge is -2.05. The number of hydrogen-bond donors (Lipinski definition) is 0. The first-order chi connectivity index (χ1) is 7.77. The van der Waals surface area contributed by atoms with Crippen molar-refractivity contribution in [1.29, 1.82) is 0 Å². The molecule has 0 saturated heterocycles. The number of hydrogen-bond acceptors (Lipinski definition) is 3. The van der Waals surface area contributed by atoms with Crippen LogP contribution in [0.3, 0.4) is 0 Å². The lowest BCUT2D eigenvalue weighted by Crippen LogP contribution is -1.97. The van der Waals surface area contributed by atoms with E-state index >= 15 is 0 Å². The fourth-order valence-electron chi connectivity index (χ4n) is 1.20. The van der Waals surface area contributed by atoms with E-state index in [9.17, 15) is 4.79 Å². The van der Waals surface area contributed by atoms with Gasteiger partial charge in [-0.05, 0) is 25.5 Å². The van der Waals surface area contributed by atoms with Crippen LogP contribution >= 0.6 is 11.8 Å². The predicted octanol–water partition coefficient (Wildman–Crippen LogP) is 2.94. The van der Waals surface area contributed by atoms with E-state index in [2.05, 4.69) is 10.2 Å². The second-order valence-corrected chi connectivity index (χ2v) is 4.77. The average molecular weight is 251 g/mol. The molecule has 0 aliphatic rings. The quantitative estimate of drug-likeness (QED) is 0.574. The van der Waals surface area contributed by atoms with Crippen LogP contribution < -0.4 is 4.74 Å². The molecule has 0 spiro atoms. The minimum Gasteiger partial charge on any atom is -0.494 e. The zero-order valence-corrected chi connectivity index (χ0v) is 11.2. The van der Waals surface area contributed by atoms with Crippen molar-refractivity contribution in [1.82, 2.24) is 0 Å². The molecule has 0 fully saturated rings. The number of thioether (sulfide) groups is 1. The van der Waals surface area contributed by atoms with Gasteiger partial charge in [0.25, 0.3) is 0 Å². The van der Waals surface area contributed by atoms with Gasteiger partial charge in [0.15, 0.2) is 0 Å². The van der Waals surface area contributed by atoms with Gasteiger partial charge in [-0.3, -0.25) is 4.79 Å². The maximum absolute atomic E-state index is 11.8. The van der Waals surface area contributed by atoms with Crippen LogP contribution in [0.1, 0.15) is 23.7 Å². The summed E-state index contributed by atoms with van der Waals surface area (Å²) in [5, 5.41) is 0.113. The van der Waals surface area contributed by atoms with Crippen LogP contribution in [0.2, 0.25) is 6.04 Å². The molecular formula is C12H15O2SSi. The van der Waals surface area contributed by atoms with Gasteiger partial charge >= 0.3 is 0 Å². The smallest absolute Gasteiger partial charge is 0.219 e. The van der Waals surface area contributed by atoms with Gasteiger partial charge in [-0.2, -0.15) is 0 Å². The molecule has 0 aliphatic heterocycles. The fraction of sp³-hybridized carbons (Fsp3) is 0.417. The Morgan fingerprint density at radius 2 is 2.31 bits per heavy atom. The molecule has 0 saturated carbocycles. The van der Waals surface area contributed by atoms with Crippen molar-refractivity contribution in [2.24, 2.45) is 0 Å². The van der Waals surface area contributed by atoms with E-state index in [1.54, 1.807) is 6.07 Å². The largest absolute Gasteiger partial charge is 0.494 e. The van der Waals surface area contributed by atoms with Gasteiger partial charge in [-0.25, -0.2) is 0 Å². The van der Waals surface area contributed by atoms with Crippen molar-refractivity contribution >= 4 is 27.1 Å². The monoisotopic (exact) mass is 251 g/mol. The third-order valence-electron chi connectivity index (χ3n) is 1.94. The van der Waals surface area contributed by atoms with Crippen molar-refractivity contribution in [3.05, 3.63) is 29.8 Å². The second-order valence-electron chi connectivity index (χ2n) is 3.20. The zero-order valence-electron chi connectivity index (χ0n) is 9.36. The first-order valence-corrected chi connectivity index (χ1v) is 7.01. The van der Waals surface area contributed by atoms with Gasteiger partial charge in [0.1, 0.15) is 5.75 Å². The molecule has 0 N–H and O–H groups in total. The Balaban J connectivity index is 2.57. The Labute approximate surface area is 104 Å². The van der Waals surface area contributed by atoms with Gasteiger partial charge in [-0.15, -0.1) is 0 Å². The van der Waals surface area contributed by atoms with Gasteiger partial charge in [0, 0.05) is 21.6 Å². The molecular weight excluding hydrogens is 236 g/mol. The van der Waals surface area contributed by atoms with E-state index in [1.165, 1.54) is 11.8 Å². The fourth-order valence-corrected chi connectivity index (χ4v) is 2.40. The molecule has 0 atom stereocenters. The number of carbonyl (C=O) groups is 1. The molecule has 0 amide bonds. The number of carbonyl (C=O) groups excluding carboxylic acids is 1. The summed E-state index contributed by atoms with van der Waals surface area (Å²) in [7, 11) is 3.39. The summed E-state index contributed by atoms with van der Waals surface area (Å²) >= 11 is 1.36. The number of benzene rings is 1. The number of ether oxygens (including phenoxy) is 1. The molecule has 0 heterocycles. The third-order valence-corrected chi connectivity index (χ3v) is 3.28. The maximum Gasteiger partial charge on any atom is 0.219 e. The van der Waals surface area contributed by atoms with Crippen molar-refractivity contribution in [2.45, 2.75) is 19.4 Å². The van der Waals surface area contributed by atoms with E-state index in [-0.39, 0.29) is 5.12 Å². The van der Waals surface area contributed by atoms with E-state index in [1.807, 2.05) is 25.1 Å². The van der Waals surface area contributed by atoms with Crippen LogP contribution in [0, 0.1) is 0 Å². The molecule has 1 aromatic carbocycles. The van der Waals surface area contributed by atoms with E-state index < -0.39 is 0 Å². The van der Waals surface area contributed by atoms with Gasteiger partial charge < -0.3 is 4.74 Å². The Morgan fingerprint density at radius 1 is 1.50 bits per heavy atom. The van der Waals surface area contributed by atoms with Crippen LogP contribution in [0.25, 0.3) is 0 Å². The Morgan fingerprint density at radius 3 is 3.00 bits per heavy atom. The minimum absolute atomic E-state index is 0.113. The minimum atomic E-state index is 0.113. The van der Waals surface area contributed by atoms with Gasteiger partial charge in [-0.1, -0.05) is 29.9 Å². The van der Waals surface area contributed by atoms with E-state index in [4.69, 9.17) is 4.74 Å².